The zero-order valence-corrected chi connectivity index (χ0v) is 9.00. The van der Waals surface area contributed by atoms with E-state index in [1.807, 2.05) is 6.92 Å². The Bertz CT molecular complexity index is 377. The number of hydrogen-bond acceptors (Lipinski definition) is 2. The maximum Gasteiger partial charge on any atom is 0.183 e. The summed E-state index contributed by atoms with van der Waals surface area (Å²) in [6.45, 7) is 6.24. The van der Waals surface area contributed by atoms with Crippen molar-refractivity contribution >= 4 is 5.78 Å². The third-order valence-electron chi connectivity index (χ3n) is 2.78. The molecule has 0 radical (unpaired) electrons. The number of rotatable bonds is 1. The zero-order valence-electron chi connectivity index (χ0n) is 9.00. The largest absolute Gasteiger partial charge is 0.329 e. The first-order chi connectivity index (χ1) is 6.61. The van der Waals surface area contributed by atoms with Crippen LogP contribution >= 0.6 is 0 Å². The molecule has 1 aliphatic rings. The SMILES string of the molecule is Cc1nc2c(n1C(C)C)CCCC2=O. The molecule has 0 spiro atoms. The van der Waals surface area contributed by atoms with E-state index in [1.54, 1.807) is 0 Å². The van der Waals surface area contributed by atoms with Crippen LogP contribution in [0.5, 0.6) is 0 Å². The second kappa shape index (κ2) is 3.23. The summed E-state index contributed by atoms with van der Waals surface area (Å²) < 4.78 is 2.19. The quantitative estimate of drug-likeness (QED) is 0.684. The number of aryl methyl sites for hydroxylation is 1. The molecule has 2 rings (SSSR count). The highest BCUT2D eigenvalue weighted by Gasteiger charge is 2.24. The number of Topliss-reactive ketones (excluding diaryl/α,β-unsaturated/α-hetero) is 1. The van der Waals surface area contributed by atoms with E-state index in [1.165, 1.54) is 0 Å². The van der Waals surface area contributed by atoms with Gasteiger partial charge < -0.3 is 4.57 Å². The van der Waals surface area contributed by atoms with Crippen molar-refractivity contribution in [2.75, 3.05) is 0 Å². The molecule has 0 saturated heterocycles. The fraction of sp³-hybridized carbons (Fsp3) is 0.636. The van der Waals surface area contributed by atoms with Crippen molar-refractivity contribution in [3.8, 4) is 0 Å². The molecule has 0 fully saturated rings. The van der Waals surface area contributed by atoms with Crippen LogP contribution < -0.4 is 0 Å². The summed E-state index contributed by atoms with van der Waals surface area (Å²) in [4.78, 5) is 16.0. The van der Waals surface area contributed by atoms with Gasteiger partial charge in [-0.1, -0.05) is 0 Å². The van der Waals surface area contributed by atoms with Gasteiger partial charge in [0.1, 0.15) is 11.5 Å². The Morgan fingerprint density at radius 3 is 2.71 bits per heavy atom. The molecular weight excluding hydrogens is 176 g/mol. The van der Waals surface area contributed by atoms with Crippen LogP contribution in [0.2, 0.25) is 0 Å². The third-order valence-corrected chi connectivity index (χ3v) is 2.78. The van der Waals surface area contributed by atoms with Crippen LogP contribution in [0.1, 0.15) is 54.7 Å². The van der Waals surface area contributed by atoms with E-state index in [2.05, 4.69) is 23.4 Å². The lowest BCUT2D eigenvalue weighted by atomic mass is 9.99. The molecule has 1 heterocycles. The molecule has 76 valence electrons. The van der Waals surface area contributed by atoms with E-state index < -0.39 is 0 Å². The van der Waals surface area contributed by atoms with Gasteiger partial charge in [0.15, 0.2) is 5.78 Å². The molecule has 0 saturated carbocycles. The van der Waals surface area contributed by atoms with Crippen LogP contribution in [0.4, 0.5) is 0 Å². The maximum absolute atomic E-state index is 11.6. The Hall–Kier alpha value is -1.12. The predicted octanol–water partition coefficient (Wildman–Crippen LogP) is 2.29. The summed E-state index contributed by atoms with van der Waals surface area (Å²) in [6.07, 6.45) is 2.64. The van der Waals surface area contributed by atoms with Gasteiger partial charge in [-0.2, -0.15) is 0 Å². The summed E-state index contributed by atoms with van der Waals surface area (Å²) in [7, 11) is 0. The van der Waals surface area contributed by atoms with E-state index in [-0.39, 0.29) is 5.78 Å². The van der Waals surface area contributed by atoms with E-state index in [4.69, 9.17) is 0 Å². The first kappa shape index (κ1) is 9.44. The maximum atomic E-state index is 11.6. The van der Waals surface area contributed by atoms with Gasteiger partial charge in [-0.25, -0.2) is 4.98 Å². The van der Waals surface area contributed by atoms with Crippen LogP contribution in [0.15, 0.2) is 0 Å². The van der Waals surface area contributed by atoms with Crippen molar-refractivity contribution in [1.82, 2.24) is 9.55 Å². The van der Waals surface area contributed by atoms with Gasteiger partial charge in [0.05, 0.1) is 0 Å². The average Bonchev–Trinajstić information content (AvgIpc) is 2.42. The number of nitrogens with zero attached hydrogens (tertiary/aromatic N) is 2. The molecule has 0 aliphatic heterocycles. The monoisotopic (exact) mass is 192 g/mol. The minimum atomic E-state index is 0.216. The molecule has 1 aromatic heterocycles. The molecule has 14 heavy (non-hydrogen) atoms. The number of imidazole rings is 1. The highest BCUT2D eigenvalue weighted by atomic mass is 16.1. The Morgan fingerprint density at radius 2 is 2.07 bits per heavy atom. The van der Waals surface area contributed by atoms with Crippen molar-refractivity contribution in [1.29, 1.82) is 0 Å². The fourth-order valence-corrected chi connectivity index (χ4v) is 2.27. The summed E-state index contributed by atoms with van der Waals surface area (Å²) in [5.41, 5.74) is 1.87. The van der Waals surface area contributed by atoms with Crippen LogP contribution in [0, 0.1) is 6.92 Å². The van der Waals surface area contributed by atoms with Gasteiger partial charge in [0, 0.05) is 18.2 Å². The first-order valence-electron chi connectivity index (χ1n) is 5.22. The van der Waals surface area contributed by atoms with Gasteiger partial charge in [0.25, 0.3) is 0 Å². The molecule has 0 N–H and O–H groups in total. The van der Waals surface area contributed by atoms with Crippen molar-refractivity contribution < 1.29 is 4.79 Å². The lowest BCUT2D eigenvalue weighted by Crippen LogP contribution is -2.15. The summed E-state index contributed by atoms with van der Waals surface area (Å²) >= 11 is 0. The molecule has 0 amide bonds. The van der Waals surface area contributed by atoms with Gasteiger partial charge in [-0.15, -0.1) is 0 Å². The number of carbonyl (C=O) groups is 1. The Kier molecular flexibility index (Phi) is 2.17. The van der Waals surface area contributed by atoms with Crippen molar-refractivity contribution in [3.05, 3.63) is 17.2 Å². The molecule has 3 heteroatoms. The molecule has 0 atom stereocenters. The van der Waals surface area contributed by atoms with Crippen LogP contribution in [-0.2, 0) is 6.42 Å². The molecule has 0 bridgehead atoms. The second-order valence-electron chi connectivity index (χ2n) is 4.19. The highest BCUT2D eigenvalue weighted by Crippen LogP contribution is 2.24. The normalized spacial score (nSPS) is 16.1. The highest BCUT2D eigenvalue weighted by molar-refractivity contribution is 5.96. The van der Waals surface area contributed by atoms with E-state index in [0.29, 0.717) is 12.5 Å². The smallest absolute Gasteiger partial charge is 0.183 e. The molecule has 0 aromatic carbocycles. The molecule has 1 aromatic rings. The lowest BCUT2D eigenvalue weighted by molar-refractivity contribution is 0.0967. The number of ketones is 1. The predicted molar refractivity (Wildman–Crippen MR) is 54.6 cm³/mol. The minimum Gasteiger partial charge on any atom is -0.329 e. The molecule has 1 aliphatic carbocycles. The third kappa shape index (κ3) is 1.27. The van der Waals surface area contributed by atoms with E-state index in [9.17, 15) is 4.79 Å². The first-order valence-corrected chi connectivity index (χ1v) is 5.22. The molecular formula is C11H16N2O. The molecule has 3 nitrogen and oxygen atoms in total. The molecule has 0 unspecified atom stereocenters. The Morgan fingerprint density at radius 1 is 1.36 bits per heavy atom. The summed E-state index contributed by atoms with van der Waals surface area (Å²) in [6, 6.07) is 0.400. The standard InChI is InChI=1S/C11H16N2O/c1-7(2)13-8(3)12-11-9(13)5-4-6-10(11)14/h7H,4-6H2,1-3H3. The Labute approximate surface area is 84.1 Å². The summed E-state index contributed by atoms with van der Waals surface area (Å²) in [5.74, 6) is 1.19. The van der Waals surface area contributed by atoms with Gasteiger partial charge in [-0.3, -0.25) is 4.79 Å². The Balaban J connectivity index is 2.57. The van der Waals surface area contributed by atoms with Crippen molar-refractivity contribution in [2.45, 2.75) is 46.1 Å². The van der Waals surface area contributed by atoms with Gasteiger partial charge in [-0.05, 0) is 33.6 Å². The van der Waals surface area contributed by atoms with E-state index >= 15 is 0 Å². The van der Waals surface area contributed by atoms with Crippen LogP contribution in [0.25, 0.3) is 0 Å². The minimum absolute atomic E-state index is 0.216. The van der Waals surface area contributed by atoms with Crippen molar-refractivity contribution in [3.63, 3.8) is 0 Å². The van der Waals surface area contributed by atoms with Crippen molar-refractivity contribution in [2.24, 2.45) is 0 Å². The second-order valence-corrected chi connectivity index (χ2v) is 4.19. The topological polar surface area (TPSA) is 34.9 Å². The van der Waals surface area contributed by atoms with E-state index in [0.717, 1.165) is 30.1 Å². The zero-order chi connectivity index (χ0) is 10.3. The number of fused-ring (bicyclic) bond motifs is 1. The number of hydrogen-bond donors (Lipinski definition) is 0. The lowest BCUT2D eigenvalue weighted by Gasteiger charge is -2.16. The fourth-order valence-electron chi connectivity index (χ4n) is 2.27. The van der Waals surface area contributed by atoms with Gasteiger partial charge >= 0.3 is 0 Å². The van der Waals surface area contributed by atoms with Crippen LogP contribution in [0.3, 0.4) is 0 Å². The van der Waals surface area contributed by atoms with Gasteiger partial charge in [0.2, 0.25) is 0 Å². The average molecular weight is 192 g/mol. The van der Waals surface area contributed by atoms with Crippen LogP contribution in [-0.4, -0.2) is 15.3 Å². The summed E-state index contributed by atoms with van der Waals surface area (Å²) in [5, 5.41) is 0. The number of carbonyl (C=O) groups excluding carboxylic acids is 1. The number of aromatic nitrogens is 2.